The summed E-state index contributed by atoms with van der Waals surface area (Å²) >= 11 is 3.67. The molecule has 1 heterocycles. The van der Waals surface area contributed by atoms with E-state index in [9.17, 15) is 4.79 Å². The molecular formula is C10H7IO2S. The molecule has 4 heteroatoms. The Morgan fingerprint density at radius 1 is 1.50 bits per heavy atom. The Bertz CT molecular complexity index is 490. The lowest BCUT2D eigenvalue weighted by molar-refractivity contribution is 0.112. The number of fused-ring (bicyclic) bond motifs is 1. The number of thiophene rings is 1. The number of methoxy groups -OCH3 is 1. The first-order chi connectivity index (χ1) is 6.76. The van der Waals surface area contributed by atoms with Gasteiger partial charge >= 0.3 is 0 Å². The van der Waals surface area contributed by atoms with E-state index in [0.717, 1.165) is 30.6 Å². The fourth-order valence-corrected chi connectivity index (χ4v) is 3.03. The highest BCUT2D eigenvalue weighted by molar-refractivity contribution is 14.1. The molecule has 0 saturated carbocycles. The quantitative estimate of drug-likeness (QED) is 0.627. The molecule has 2 aromatic rings. The average molecular weight is 318 g/mol. The predicted octanol–water partition coefficient (Wildman–Crippen LogP) is 3.33. The van der Waals surface area contributed by atoms with Crippen LogP contribution in [-0.4, -0.2) is 13.4 Å². The molecule has 0 saturated heterocycles. The Morgan fingerprint density at radius 3 is 2.93 bits per heavy atom. The summed E-state index contributed by atoms with van der Waals surface area (Å²) in [4.78, 5) is 10.9. The third-order valence-corrected chi connectivity index (χ3v) is 4.05. The van der Waals surface area contributed by atoms with Gasteiger partial charge in [0.2, 0.25) is 0 Å². The molecule has 0 unspecified atom stereocenters. The molecule has 0 aliphatic heterocycles. The van der Waals surface area contributed by atoms with Gasteiger partial charge in [-0.05, 0) is 40.1 Å². The normalized spacial score (nSPS) is 10.4. The lowest BCUT2D eigenvalue weighted by atomic mass is 10.2. The third-order valence-electron chi connectivity index (χ3n) is 1.97. The second-order valence-electron chi connectivity index (χ2n) is 2.77. The van der Waals surface area contributed by atoms with E-state index < -0.39 is 0 Å². The van der Waals surface area contributed by atoms with Gasteiger partial charge in [0.05, 0.1) is 7.11 Å². The van der Waals surface area contributed by atoms with Gasteiger partial charge < -0.3 is 4.74 Å². The van der Waals surface area contributed by atoms with Gasteiger partial charge in [0.15, 0.2) is 11.3 Å². The zero-order valence-corrected chi connectivity index (χ0v) is 10.4. The van der Waals surface area contributed by atoms with Gasteiger partial charge in [0.1, 0.15) is 0 Å². The van der Waals surface area contributed by atoms with Gasteiger partial charge in [-0.25, -0.2) is 0 Å². The number of aldehydes is 1. The van der Waals surface area contributed by atoms with Crippen LogP contribution in [0, 0.1) is 3.57 Å². The molecule has 0 radical (unpaired) electrons. The number of benzene rings is 1. The second-order valence-corrected chi connectivity index (χ2v) is 4.94. The highest BCUT2D eigenvalue weighted by atomic mass is 127. The highest BCUT2D eigenvalue weighted by Gasteiger charge is 2.08. The minimum absolute atomic E-state index is 0.761. The standard InChI is InChI=1S/C10H7IO2S/c1-13-9-4-6-2-3-8(11)7(5-12)10(6)14-9/h2-5H,1H3. The van der Waals surface area contributed by atoms with Crippen molar-refractivity contribution in [2.24, 2.45) is 0 Å². The summed E-state index contributed by atoms with van der Waals surface area (Å²) in [5.41, 5.74) is 0.761. The molecule has 0 N–H and O–H groups in total. The minimum Gasteiger partial charge on any atom is -0.487 e. The van der Waals surface area contributed by atoms with Crippen LogP contribution in [0.5, 0.6) is 5.06 Å². The Morgan fingerprint density at radius 2 is 2.29 bits per heavy atom. The van der Waals surface area contributed by atoms with E-state index in [4.69, 9.17) is 4.74 Å². The number of hydrogen-bond donors (Lipinski definition) is 0. The molecule has 0 atom stereocenters. The average Bonchev–Trinajstić information content (AvgIpc) is 2.60. The van der Waals surface area contributed by atoms with Crippen molar-refractivity contribution in [2.75, 3.05) is 7.11 Å². The molecule has 2 rings (SSSR count). The first kappa shape index (κ1) is 9.92. The van der Waals surface area contributed by atoms with Crippen LogP contribution in [0.25, 0.3) is 10.1 Å². The summed E-state index contributed by atoms with van der Waals surface area (Å²) in [5, 5.41) is 1.90. The highest BCUT2D eigenvalue weighted by Crippen LogP contribution is 2.34. The van der Waals surface area contributed by atoms with E-state index in [-0.39, 0.29) is 0 Å². The predicted molar refractivity (Wildman–Crippen MR) is 66.5 cm³/mol. The monoisotopic (exact) mass is 318 g/mol. The maximum absolute atomic E-state index is 10.9. The van der Waals surface area contributed by atoms with Crippen LogP contribution in [0.1, 0.15) is 10.4 Å². The van der Waals surface area contributed by atoms with Crippen molar-refractivity contribution in [3.63, 3.8) is 0 Å². The van der Waals surface area contributed by atoms with Crippen molar-refractivity contribution < 1.29 is 9.53 Å². The van der Waals surface area contributed by atoms with Crippen LogP contribution in [0.15, 0.2) is 18.2 Å². The number of carbonyl (C=O) groups excluding carboxylic acids is 1. The summed E-state index contributed by atoms with van der Waals surface area (Å²) in [6.45, 7) is 0. The van der Waals surface area contributed by atoms with Crippen molar-refractivity contribution >= 4 is 50.3 Å². The van der Waals surface area contributed by atoms with Gasteiger partial charge in [-0.15, -0.1) is 0 Å². The van der Waals surface area contributed by atoms with Gasteiger partial charge in [0, 0.05) is 13.8 Å². The lowest BCUT2D eigenvalue weighted by Crippen LogP contribution is -1.84. The zero-order chi connectivity index (χ0) is 10.1. The topological polar surface area (TPSA) is 26.3 Å². The molecule has 0 amide bonds. The molecule has 72 valence electrons. The Kier molecular flexibility index (Phi) is 2.73. The molecule has 1 aromatic heterocycles. The SMILES string of the molecule is COc1cc2ccc(I)c(C=O)c2s1. The van der Waals surface area contributed by atoms with Crippen LogP contribution >= 0.6 is 33.9 Å². The van der Waals surface area contributed by atoms with E-state index in [1.165, 1.54) is 11.3 Å². The van der Waals surface area contributed by atoms with Crippen LogP contribution in [-0.2, 0) is 0 Å². The summed E-state index contributed by atoms with van der Waals surface area (Å²) in [7, 11) is 1.64. The molecule has 0 bridgehead atoms. The van der Waals surface area contributed by atoms with Gasteiger partial charge in [-0.2, -0.15) is 0 Å². The summed E-state index contributed by atoms with van der Waals surface area (Å²) in [5.74, 6) is 0. The summed E-state index contributed by atoms with van der Waals surface area (Å²) in [6.07, 6.45) is 0.903. The summed E-state index contributed by atoms with van der Waals surface area (Å²) in [6, 6.07) is 5.89. The number of hydrogen-bond acceptors (Lipinski definition) is 3. The van der Waals surface area contributed by atoms with Crippen molar-refractivity contribution in [1.29, 1.82) is 0 Å². The first-order valence-electron chi connectivity index (χ1n) is 3.97. The van der Waals surface area contributed by atoms with E-state index in [2.05, 4.69) is 22.6 Å². The minimum atomic E-state index is 0.761. The van der Waals surface area contributed by atoms with Crippen LogP contribution in [0.2, 0.25) is 0 Å². The van der Waals surface area contributed by atoms with Crippen molar-refractivity contribution in [1.82, 2.24) is 0 Å². The van der Waals surface area contributed by atoms with Crippen LogP contribution in [0.4, 0.5) is 0 Å². The molecule has 0 spiro atoms. The molecule has 0 aliphatic carbocycles. The number of ether oxygens (including phenoxy) is 1. The second kappa shape index (κ2) is 3.86. The smallest absolute Gasteiger partial charge is 0.174 e. The first-order valence-corrected chi connectivity index (χ1v) is 5.87. The van der Waals surface area contributed by atoms with E-state index in [0.29, 0.717) is 0 Å². The van der Waals surface area contributed by atoms with Crippen LogP contribution in [0.3, 0.4) is 0 Å². The third kappa shape index (κ3) is 1.52. The molecule has 0 aliphatic rings. The Balaban J connectivity index is 2.79. The van der Waals surface area contributed by atoms with E-state index >= 15 is 0 Å². The maximum Gasteiger partial charge on any atom is 0.174 e. The molecular weight excluding hydrogens is 311 g/mol. The number of carbonyl (C=O) groups is 1. The van der Waals surface area contributed by atoms with Crippen molar-refractivity contribution in [3.8, 4) is 5.06 Å². The maximum atomic E-state index is 10.9. The number of rotatable bonds is 2. The van der Waals surface area contributed by atoms with Gasteiger partial charge in [-0.1, -0.05) is 17.4 Å². The Labute approximate surface area is 99.0 Å². The molecule has 0 fully saturated rings. The van der Waals surface area contributed by atoms with Crippen molar-refractivity contribution in [3.05, 3.63) is 27.3 Å². The fraction of sp³-hybridized carbons (Fsp3) is 0.100. The van der Waals surface area contributed by atoms with E-state index in [1.54, 1.807) is 7.11 Å². The lowest BCUT2D eigenvalue weighted by Gasteiger charge is -1.96. The van der Waals surface area contributed by atoms with Gasteiger partial charge in [0.25, 0.3) is 0 Å². The Hall–Kier alpha value is -0.620. The number of halogens is 1. The molecule has 14 heavy (non-hydrogen) atoms. The van der Waals surface area contributed by atoms with Gasteiger partial charge in [-0.3, -0.25) is 4.79 Å². The zero-order valence-electron chi connectivity index (χ0n) is 7.41. The molecule has 1 aromatic carbocycles. The van der Waals surface area contributed by atoms with Crippen LogP contribution < -0.4 is 4.74 Å². The van der Waals surface area contributed by atoms with E-state index in [1.807, 2.05) is 18.2 Å². The summed E-state index contributed by atoms with van der Waals surface area (Å²) < 4.78 is 7.12. The fourth-order valence-electron chi connectivity index (χ4n) is 1.29. The largest absolute Gasteiger partial charge is 0.487 e. The molecule has 2 nitrogen and oxygen atoms in total. The van der Waals surface area contributed by atoms with Crippen molar-refractivity contribution in [2.45, 2.75) is 0 Å².